The highest BCUT2D eigenvalue weighted by Crippen LogP contribution is 2.61. The van der Waals surface area contributed by atoms with Crippen molar-refractivity contribution in [2.75, 3.05) is 13.1 Å². The first-order valence-electron chi connectivity index (χ1n) is 5.42. The van der Waals surface area contributed by atoms with Crippen molar-refractivity contribution in [3.63, 3.8) is 0 Å². The highest BCUT2D eigenvalue weighted by molar-refractivity contribution is 5.65. The van der Waals surface area contributed by atoms with Crippen LogP contribution in [0.3, 0.4) is 0 Å². The summed E-state index contributed by atoms with van der Waals surface area (Å²) in [4.78, 5) is 13.2. The number of carbonyl (C=O) groups excluding carboxylic acids is 1. The Morgan fingerprint density at radius 3 is 3.07 bits per heavy atom. The Hall–Kier alpha value is -0.770. The van der Waals surface area contributed by atoms with E-state index >= 15 is 0 Å². The number of rotatable bonds is 2. The number of likely N-dealkylation sites (tertiary alicyclic amines) is 1. The number of carbonyl (C=O) groups is 1. The van der Waals surface area contributed by atoms with Gasteiger partial charge in [0.05, 0.1) is 6.04 Å². The van der Waals surface area contributed by atoms with Gasteiger partial charge in [0.25, 0.3) is 0 Å². The predicted molar refractivity (Wildman–Crippen MR) is 50.6 cm³/mol. The number of nitrogens with two attached hydrogens (primary N) is 1. The number of nitrogens with zero attached hydrogens (tertiary/aromatic N) is 1. The zero-order valence-electron chi connectivity index (χ0n) is 8.35. The van der Waals surface area contributed by atoms with Gasteiger partial charge in [0.15, 0.2) is 0 Å². The van der Waals surface area contributed by atoms with E-state index in [1.165, 1.54) is 13.0 Å². The third-order valence-corrected chi connectivity index (χ3v) is 4.32. The highest BCUT2D eigenvalue weighted by atomic mass is 16.6. The number of ether oxygens (including phenoxy) is 1. The van der Waals surface area contributed by atoms with Crippen LogP contribution in [-0.4, -0.2) is 36.2 Å². The largest absolute Gasteiger partial charge is 0.444 e. The summed E-state index contributed by atoms with van der Waals surface area (Å²) < 4.78 is 5.18. The Balaban J connectivity index is 1.74. The monoisotopic (exact) mass is 196 g/mol. The maximum Gasteiger partial charge on any atom is 0.404 e. The predicted octanol–water partition coefficient (Wildman–Crippen LogP) is 0.420. The van der Waals surface area contributed by atoms with Gasteiger partial charge in [-0.15, -0.1) is 0 Å². The molecule has 3 fully saturated rings. The summed E-state index contributed by atoms with van der Waals surface area (Å²) in [5, 5.41) is 0. The second-order valence-electron chi connectivity index (χ2n) is 4.72. The fourth-order valence-electron chi connectivity index (χ4n) is 3.73. The van der Waals surface area contributed by atoms with E-state index in [1.54, 1.807) is 0 Å². The first-order chi connectivity index (χ1) is 6.72. The number of hydrogen-bond donors (Lipinski definition) is 1. The van der Waals surface area contributed by atoms with Crippen LogP contribution in [0.1, 0.15) is 13.3 Å². The summed E-state index contributed by atoms with van der Waals surface area (Å²) in [6, 6.07) is 0.483. The first-order valence-corrected chi connectivity index (χ1v) is 5.42. The summed E-state index contributed by atoms with van der Waals surface area (Å²) in [6.45, 7) is 4.42. The summed E-state index contributed by atoms with van der Waals surface area (Å²) in [5.41, 5.74) is 5.07. The van der Waals surface area contributed by atoms with E-state index in [0.29, 0.717) is 12.0 Å². The minimum absolute atomic E-state index is 0.0937. The van der Waals surface area contributed by atoms with Gasteiger partial charge in [-0.2, -0.15) is 0 Å². The standard InChI is InChI=1S/C10H16N2O2/c1-2-12-4-5-3-6-7(5)8(12)9(6)14-10(11)13/h5-9H,2-4H2,1H3,(H2,11,13)/t5-,6?,7+,8+,9?/m1/s1. The lowest BCUT2D eigenvalue weighted by atomic mass is 9.51. The molecule has 3 rings (SSSR count). The second-order valence-corrected chi connectivity index (χ2v) is 4.72. The lowest BCUT2D eigenvalue weighted by molar-refractivity contribution is -0.148. The molecule has 1 heterocycles. The van der Waals surface area contributed by atoms with E-state index < -0.39 is 6.09 Å². The van der Waals surface area contributed by atoms with Crippen molar-refractivity contribution < 1.29 is 9.53 Å². The van der Waals surface area contributed by atoms with Crippen molar-refractivity contribution in [3.05, 3.63) is 0 Å². The Morgan fingerprint density at radius 1 is 1.64 bits per heavy atom. The molecule has 5 atom stereocenters. The zero-order chi connectivity index (χ0) is 9.87. The van der Waals surface area contributed by atoms with Crippen LogP contribution in [0.2, 0.25) is 0 Å². The second kappa shape index (κ2) is 2.63. The van der Waals surface area contributed by atoms with Crippen LogP contribution in [0.5, 0.6) is 0 Å². The van der Waals surface area contributed by atoms with Gasteiger partial charge in [-0.25, -0.2) is 4.79 Å². The molecule has 0 aromatic heterocycles. The molecule has 1 saturated heterocycles. The molecule has 78 valence electrons. The molecule has 4 heteroatoms. The molecule has 14 heavy (non-hydrogen) atoms. The van der Waals surface area contributed by atoms with Crippen molar-refractivity contribution in [1.82, 2.24) is 4.90 Å². The molecule has 2 unspecified atom stereocenters. The maximum atomic E-state index is 10.7. The van der Waals surface area contributed by atoms with Crippen LogP contribution in [0.25, 0.3) is 0 Å². The van der Waals surface area contributed by atoms with Crippen LogP contribution in [0.15, 0.2) is 0 Å². The molecule has 0 spiro atoms. The Labute approximate surface area is 83.4 Å². The van der Waals surface area contributed by atoms with Crippen molar-refractivity contribution in [2.24, 2.45) is 23.5 Å². The normalized spacial score (nSPS) is 49.1. The molecule has 2 aliphatic carbocycles. The van der Waals surface area contributed by atoms with Gasteiger partial charge < -0.3 is 10.5 Å². The van der Waals surface area contributed by atoms with Crippen molar-refractivity contribution in [3.8, 4) is 0 Å². The average Bonchev–Trinajstić information content (AvgIpc) is 2.24. The van der Waals surface area contributed by atoms with Crippen LogP contribution >= 0.6 is 0 Å². The van der Waals surface area contributed by atoms with E-state index in [2.05, 4.69) is 11.8 Å². The zero-order valence-corrected chi connectivity index (χ0v) is 8.35. The van der Waals surface area contributed by atoms with Gasteiger partial charge in [-0.3, -0.25) is 4.90 Å². The van der Waals surface area contributed by atoms with Crippen LogP contribution in [-0.2, 0) is 4.74 Å². The Morgan fingerprint density at radius 2 is 2.43 bits per heavy atom. The van der Waals surface area contributed by atoms with Crippen LogP contribution < -0.4 is 5.73 Å². The minimum Gasteiger partial charge on any atom is -0.444 e. The molecule has 4 nitrogen and oxygen atoms in total. The van der Waals surface area contributed by atoms with E-state index in [9.17, 15) is 4.79 Å². The molecule has 3 aliphatic rings. The number of amides is 1. The number of likely N-dealkylation sites (N-methyl/N-ethyl adjacent to an activating group) is 1. The van der Waals surface area contributed by atoms with Gasteiger partial charge in [0, 0.05) is 12.5 Å². The molecular formula is C10H16N2O2. The van der Waals surface area contributed by atoms with Crippen LogP contribution in [0, 0.1) is 17.8 Å². The molecule has 2 saturated carbocycles. The third kappa shape index (κ3) is 0.848. The smallest absolute Gasteiger partial charge is 0.404 e. The number of primary amides is 1. The van der Waals surface area contributed by atoms with Crippen molar-refractivity contribution in [2.45, 2.75) is 25.5 Å². The maximum absolute atomic E-state index is 10.7. The molecule has 1 amide bonds. The van der Waals surface area contributed by atoms with Gasteiger partial charge in [-0.1, -0.05) is 6.92 Å². The third-order valence-electron chi connectivity index (χ3n) is 4.32. The van der Waals surface area contributed by atoms with Gasteiger partial charge in [0.2, 0.25) is 0 Å². The summed E-state index contributed by atoms with van der Waals surface area (Å²) in [7, 11) is 0. The molecule has 0 aromatic carbocycles. The molecule has 2 N–H and O–H groups in total. The fraction of sp³-hybridized carbons (Fsp3) is 0.900. The van der Waals surface area contributed by atoms with Gasteiger partial charge in [-0.05, 0) is 24.8 Å². The average molecular weight is 196 g/mol. The quantitative estimate of drug-likeness (QED) is 0.696. The van der Waals surface area contributed by atoms with Gasteiger partial charge >= 0.3 is 6.09 Å². The molecule has 1 aliphatic heterocycles. The summed E-state index contributed by atoms with van der Waals surface area (Å²) in [5.74, 6) is 2.30. The van der Waals surface area contributed by atoms with Crippen LogP contribution in [0.4, 0.5) is 4.79 Å². The molecule has 0 radical (unpaired) electrons. The number of hydrogen-bond acceptors (Lipinski definition) is 3. The topological polar surface area (TPSA) is 55.6 Å². The molecule has 0 bridgehead atoms. The van der Waals surface area contributed by atoms with E-state index in [-0.39, 0.29) is 6.10 Å². The lowest BCUT2D eigenvalue weighted by Gasteiger charge is -2.57. The van der Waals surface area contributed by atoms with Gasteiger partial charge in [0.1, 0.15) is 6.10 Å². The molecule has 0 aromatic rings. The molecular weight excluding hydrogens is 180 g/mol. The van der Waals surface area contributed by atoms with E-state index in [1.807, 2.05) is 0 Å². The van der Waals surface area contributed by atoms with E-state index in [4.69, 9.17) is 10.5 Å². The minimum atomic E-state index is -0.611. The SMILES string of the molecule is CCN1C[C@H]2CC3C(OC(N)=O)[C@@H]1[C@H]32. The van der Waals surface area contributed by atoms with Crippen molar-refractivity contribution in [1.29, 1.82) is 0 Å². The Kier molecular flexibility index (Phi) is 1.60. The van der Waals surface area contributed by atoms with Crippen molar-refractivity contribution >= 4 is 6.09 Å². The fourth-order valence-corrected chi connectivity index (χ4v) is 3.73. The first kappa shape index (κ1) is 8.53. The summed E-state index contributed by atoms with van der Waals surface area (Å²) in [6.07, 6.45) is 0.714. The Bertz CT molecular complexity index is 281. The van der Waals surface area contributed by atoms with E-state index in [0.717, 1.165) is 18.4 Å². The summed E-state index contributed by atoms with van der Waals surface area (Å²) >= 11 is 0. The highest BCUT2D eigenvalue weighted by Gasteiger charge is 2.67. The lowest BCUT2D eigenvalue weighted by Crippen LogP contribution is -2.65.